The number of aromatic nitrogens is 2. The summed E-state index contributed by atoms with van der Waals surface area (Å²) in [5, 5.41) is 0.660. The molecule has 0 bridgehead atoms. The molecule has 0 radical (unpaired) electrons. The van der Waals surface area contributed by atoms with E-state index < -0.39 is 5.82 Å². The van der Waals surface area contributed by atoms with Gasteiger partial charge in [-0.3, -0.25) is 14.5 Å². The first-order valence-electron chi connectivity index (χ1n) is 9.34. The largest absolute Gasteiger partial charge is 0.383 e. The summed E-state index contributed by atoms with van der Waals surface area (Å²) < 4.78 is 19.4. The molecule has 2 aliphatic heterocycles. The molecule has 2 aliphatic rings. The third-order valence-corrected chi connectivity index (χ3v) is 6.42. The van der Waals surface area contributed by atoms with Gasteiger partial charge in [-0.05, 0) is 18.9 Å². The number of aryl methyl sites for hydroxylation is 1. The zero-order valence-electron chi connectivity index (χ0n) is 16.6. The molecule has 0 aliphatic carbocycles. The summed E-state index contributed by atoms with van der Waals surface area (Å²) >= 11 is 1.42. The first-order chi connectivity index (χ1) is 13.9. The van der Waals surface area contributed by atoms with Gasteiger partial charge in [-0.25, -0.2) is 14.4 Å². The van der Waals surface area contributed by atoms with Gasteiger partial charge < -0.3 is 14.5 Å². The molecule has 0 aromatic carbocycles. The average Bonchev–Trinajstić information content (AvgIpc) is 3.03. The Balaban J connectivity index is 1.74. The SMILES string of the molecule is COCCN1C(=O)CN(C)C(=O)c2c1sc1c2CCN(c2nc(C)ncc2F)C1. The predicted octanol–water partition coefficient (Wildman–Crippen LogP) is 1.61. The van der Waals surface area contributed by atoms with E-state index in [4.69, 9.17) is 4.74 Å². The van der Waals surface area contributed by atoms with Crippen LogP contribution in [0.2, 0.25) is 0 Å². The van der Waals surface area contributed by atoms with Gasteiger partial charge >= 0.3 is 0 Å². The molecule has 0 atom stereocenters. The van der Waals surface area contributed by atoms with Gasteiger partial charge in [0.15, 0.2) is 11.6 Å². The Bertz CT molecular complexity index is 979. The number of hydrogen-bond acceptors (Lipinski definition) is 7. The molecular formula is C19H22FN5O3S. The van der Waals surface area contributed by atoms with Crippen molar-refractivity contribution in [1.82, 2.24) is 14.9 Å². The van der Waals surface area contributed by atoms with Crippen LogP contribution in [0.1, 0.15) is 26.6 Å². The molecule has 4 rings (SSSR count). The lowest BCUT2D eigenvalue weighted by atomic mass is 10.0. The van der Waals surface area contributed by atoms with Crippen molar-refractivity contribution < 1.29 is 18.7 Å². The van der Waals surface area contributed by atoms with E-state index in [0.717, 1.165) is 10.4 Å². The highest BCUT2D eigenvalue weighted by Gasteiger charge is 2.37. The number of thiophene rings is 1. The minimum absolute atomic E-state index is 0.0380. The van der Waals surface area contributed by atoms with Crippen LogP contribution in [0, 0.1) is 12.7 Å². The molecule has 2 aromatic rings. The van der Waals surface area contributed by atoms with E-state index in [9.17, 15) is 14.0 Å². The lowest BCUT2D eigenvalue weighted by Gasteiger charge is -2.28. The van der Waals surface area contributed by atoms with Gasteiger partial charge in [0.05, 0.1) is 31.5 Å². The number of halogens is 1. The Hall–Kier alpha value is -2.59. The van der Waals surface area contributed by atoms with Crippen LogP contribution >= 0.6 is 11.3 Å². The number of nitrogens with zero attached hydrogens (tertiary/aromatic N) is 5. The number of rotatable bonds is 4. The first kappa shape index (κ1) is 19.7. The van der Waals surface area contributed by atoms with E-state index in [1.54, 1.807) is 26.0 Å². The van der Waals surface area contributed by atoms with Crippen LogP contribution in [-0.2, 0) is 22.5 Å². The van der Waals surface area contributed by atoms with E-state index in [2.05, 4.69) is 9.97 Å². The number of carbonyl (C=O) groups is 2. The summed E-state index contributed by atoms with van der Waals surface area (Å²) in [4.78, 5) is 39.8. The van der Waals surface area contributed by atoms with Crippen LogP contribution in [-0.4, -0.2) is 67.1 Å². The minimum Gasteiger partial charge on any atom is -0.383 e. The number of carbonyl (C=O) groups excluding carboxylic acids is 2. The topological polar surface area (TPSA) is 78.9 Å². The lowest BCUT2D eigenvalue weighted by Crippen LogP contribution is -2.39. The zero-order valence-corrected chi connectivity index (χ0v) is 17.4. The maximum Gasteiger partial charge on any atom is 0.257 e. The van der Waals surface area contributed by atoms with Gasteiger partial charge in [-0.15, -0.1) is 11.3 Å². The fourth-order valence-corrected chi connectivity index (χ4v) is 5.12. The van der Waals surface area contributed by atoms with Gasteiger partial charge in [0, 0.05) is 25.6 Å². The summed E-state index contributed by atoms with van der Waals surface area (Å²) in [6, 6.07) is 0. The van der Waals surface area contributed by atoms with Crippen molar-refractivity contribution in [3.05, 3.63) is 33.8 Å². The van der Waals surface area contributed by atoms with Gasteiger partial charge in [0.1, 0.15) is 17.4 Å². The average molecular weight is 419 g/mol. The second kappa shape index (κ2) is 7.68. The maximum atomic E-state index is 14.3. The molecule has 0 spiro atoms. The minimum atomic E-state index is -0.468. The molecule has 8 nitrogen and oxygen atoms in total. The van der Waals surface area contributed by atoms with E-state index in [-0.39, 0.29) is 24.2 Å². The number of amides is 2. The Morgan fingerprint density at radius 2 is 2.10 bits per heavy atom. The van der Waals surface area contributed by atoms with Crippen molar-refractivity contribution in [2.45, 2.75) is 19.9 Å². The van der Waals surface area contributed by atoms with Crippen molar-refractivity contribution in [2.75, 3.05) is 50.2 Å². The number of likely N-dealkylation sites (N-methyl/N-ethyl adjacent to an activating group) is 1. The number of methoxy groups -OCH3 is 1. The van der Waals surface area contributed by atoms with Crippen LogP contribution in [0.3, 0.4) is 0 Å². The summed E-state index contributed by atoms with van der Waals surface area (Å²) in [7, 11) is 3.22. The Kier molecular flexibility index (Phi) is 5.22. The van der Waals surface area contributed by atoms with Crippen LogP contribution in [0.25, 0.3) is 0 Å². The second-order valence-electron chi connectivity index (χ2n) is 7.14. The van der Waals surface area contributed by atoms with E-state index >= 15 is 0 Å². The Morgan fingerprint density at radius 3 is 2.86 bits per heavy atom. The Labute approximate surface area is 171 Å². The van der Waals surface area contributed by atoms with Crippen LogP contribution in [0.5, 0.6) is 0 Å². The lowest BCUT2D eigenvalue weighted by molar-refractivity contribution is -0.119. The molecule has 2 amide bonds. The molecule has 0 N–H and O–H groups in total. The predicted molar refractivity (Wildman–Crippen MR) is 107 cm³/mol. The second-order valence-corrected chi connectivity index (χ2v) is 8.23. The Morgan fingerprint density at radius 1 is 1.31 bits per heavy atom. The fraction of sp³-hybridized carbons (Fsp3) is 0.474. The summed E-state index contributed by atoms with van der Waals surface area (Å²) in [5.41, 5.74) is 1.54. The molecule has 29 heavy (non-hydrogen) atoms. The third-order valence-electron chi connectivity index (χ3n) is 5.18. The van der Waals surface area contributed by atoms with Crippen molar-refractivity contribution in [3.63, 3.8) is 0 Å². The molecule has 0 saturated heterocycles. The van der Waals surface area contributed by atoms with E-state index in [0.29, 0.717) is 49.1 Å². The molecule has 0 unspecified atom stereocenters. The standard InChI is InChI=1S/C19H22FN5O3S/c1-11-21-8-13(20)17(22-11)24-5-4-12-14(9-24)29-19-16(12)18(27)23(2)10-15(26)25(19)6-7-28-3/h8H,4-7,9-10H2,1-3H3. The summed E-state index contributed by atoms with van der Waals surface area (Å²) in [6.07, 6.45) is 1.76. The van der Waals surface area contributed by atoms with E-state index in [1.807, 2.05) is 4.90 Å². The number of anilines is 2. The van der Waals surface area contributed by atoms with Gasteiger partial charge in [0.25, 0.3) is 5.91 Å². The summed E-state index contributed by atoms with van der Waals surface area (Å²) in [5.74, 6) is 0.0162. The van der Waals surface area contributed by atoms with Crippen LogP contribution < -0.4 is 9.80 Å². The van der Waals surface area contributed by atoms with Gasteiger partial charge in [-0.1, -0.05) is 0 Å². The highest BCUT2D eigenvalue weighted by molar-refractivity contribution is 7.17. The monoisotopic (exact) mass is 419 g/mol. The molecule has 0 saturated carbocycles. The highest BCUT2D eigenvalue weighted by atomic mass is 32.1. The number of ether oxygens (including phenoxy) is 1. The zero-order chi connectivity index (χ0) is 20.7. The van der Waals surface area contributed by atoms with Crippen molar-refractivity contribution in [2.24, 2.45) is 0 Å². The molecule has 0 fully saturated rings. The number of hydrogen-bond donors (Lipinski definition) is 0. The van der Waals surface area contributed by atoms with Crippen LogP contribution in [0.15, 0.2) is 6.20 Å². The van der Waals surface area contributed by atoms with Gasteiger partial charge in [0.2, 0.25) is 5.91 Å². The maximum absolute atomic E-state index is 14.3. The van der Waals surface area contributed by atoms with Crippen molar-refractivity contribution in [3.8, 4) is 0 Å². The highest BCUT2D eigenvalue weighted by Crippen LogP contribution is 2.42. The van der Waals surface area contributed by atoms with Crippen molar-refractivity contribution in [1.29, 1.82) is 0 Å². The third kappa shape index (κ3) is 3.46. The van der Waals surface area contributed by atoms with Crippen molar-refractivity contribution >= 4 is 34.0 Å². The molecule has 2 aromatic heterocycles. The normalized spacial score (nSPS) is 16.8. The van der Waals surface area contributed by atoms with Crippen LogP contribution in [0.4, 0.5) is 15.2 Å². The summed E-state index contributed by atoms with van der Waals surface area (Å²) in [6.45, 7) is 3.49. The molecule has 4 heterocycles. The molecule has 10 heteroatoms. The quantitative estimate of drug-likeness (QED) is 0.749. The van der Waals surface area contributed by atoms with Gasteiger partial charge in [-0.2, -0.15) is 0 Å². The number of fused-ring (bicyclic) bond motifs is 3. The van der Waals surface area contributed by atoms with E-state index in [1.165, 1.54) is 22.4 Å². The molecular weight excluding hydrogens is 397 g/mol. The first-order valence-corrected chi connectivity index (χ1v) is 10.2. The fourth-order valence-electron chi connectivity index (χ4n) is 3.72. The molecule has 154 valence electrons. The smallest absolute Gasteiger partial charge is 0.257 e.